The van der Waals surface area contributed by atoms with Gasteiger partial charge in [0.15, 0.2) is 0 Å². The SMILES string of the molecule is CC(C)CC(O)CN[C@@H]1CCCC[C@H]1O. The Kier molecular flexibility index (Phi) is 5.58. The van der Waals surface area contributed by atoms with Crippen LogP contribution in [0.4, 0.5) is 0 Å². The van der Waals surface area contributed by atoms with E-state index in [1.165, 1.54) is 6.42 Å². The molecule has 0 spiro atoms. The second-order valence-electron chi connectivity index (χ2n) is 5.15. The van der Waals surface area contributed by atoms with Crippen molar-refractivity contribution in [2.45, 2.75) is 64.2 Å². The van der Waals surface area contributed by atoms with E-state index in [4.69, 9.17) is 0 Å². The number of hydrogen-bond acceptors (Lipinski definition) is 3. The summed E-state index contributed by atoms with van der Waals surface area (Å²) in [5, 5.41) is 22.7. The van der Waals surface area contributed by atoms with Crippen molar-refractivity contribution in [3.05, 3.63) is 0 Å². The Morgan fingerprint density at radius 2 is 1.93 bits per heavy atom. The van der Waals surface area contributed by atoms with Crippen LogP contribution in [0.3, 0.4) is 0 Å². The average molecular weight is 215 g/mol. The molecule has 1 aliphatic rings. The summed E-state index contributed by atoms with van der Waals surface area (Å²) >= 11 is 0. The van der Waals surface area contributed by atoms with Crippen LogP contribution in [-0.2, 0) is 0 Å². The van der Waals surface area contributed by atoms with Crippen molar-refractivity contribution in [3.63, 3.8) is 0 Å². The Morgan fingerprint density at radius 3 is 2.53 bits per heavy atom. The van der Waals surface area contributed by atoms with Crippen molar-refractivity contribution in [1.29, 1.82) is 0 Å². The average Bonchev–Trinajstić information content (AvgIpc) is 2.15. The minimum Gasteiger partial charge on any atom is -0.392 e. The molecular formula is C12H25NO2. The highest BCUT2D eigenvalue weighted by atomic mass is 16.3. The zero-order valence-electron chi connectivity index (χ0n) is 9.95. The van der Waals surface area contributed by atoms with Gasteiger partial charge < -0.3 is 15.5 Å². The third-order valence-corrected chi connectivity index (χ3v) is 3.09. The molecule has 1 aliphatic carbocycles. The van der Waals surface area contributed by atoms with Gasteiger partial charge in [0.2, 0.25) is 0 Å². The van der Waals surface area contributed by atoms with Crippen LogP contribution in [0.1, 0.15) is 46.0 Å². The van der Waals surface area contributed by atoms with Crippen molar-refractivity contribution in [2.75, 3.05) is 6.54 Å². The number of hydrogen-bond donors (Lipinski definition) is 3. The van der Waals surface area contributed by atoms with Crippen LogP contribution in [0.15, 0.2) is 0 Å². The smallest absolute Gasteiger partial charge is 0.0693 e. The molecule has 0 bridgehead atoms. The molecule has 1 fully saturated rings. The Morgan fingerprint density at radius 1 is 1.27 bits per heavy atom. The molecule has 0 aromatic rings. The molecule has 3 atom stereocenters. The normalized spacial score (nSPS) is 29.4. The van der Waals surface area contributed by atoms with Crippen LogP contribution >= 0.6 is 0 Å². The summed E-state index contributed by atoms with van der Waals surface area (Å²) in [6.07, 6.45) is 4.59. The van der Waals surface area contributed by atoms with Crippen molar-refractivity contribution >= 4 is 0 Å². The van der Waals surface area contributed by atoms with E-state index in [0.717, 1.165) is 25.7 Å². The highest BCUT2D eigenvalue weighted by molar-refractivity contribution is 4.81. The van der Waals surface area contributed by atoms with Gasteiger partial charge in [-0.25, -0.2) is 0 Å². The molecule has 3 heteroatoms. The lowest BCUT2D eigenvalue weighted by atomic mass is 9.92. The standard InChI is InChI=1S/C12H25NO2/c1-9(2)7-10(14)8-13-11-5-3-4-6-12(11)15/h9-15H,3-8H2,1-2H3/t10?,11-,12-/m1/s1. The Hall–Kier alpha value is -0.120. The van der Waals surface area contributed by atoms with Gasteiger partial charge in [-0.05, 0) is 25.2 Å². The fraction of sp³-hybridized carbons (Fsp3) is 1.00. The maximum absolute atomic E-state index is 9.72. The van der Waals surface area contributed by atoms with Gasteiger partial charge in [-0.2, -0.15) is 0 Å². The van der Waals surface area contributed by atoms with Crippen LogP contribution < -0.4 is 5.32 Å². The van der Waals surface area contributed by atoms with E-state index in [1.54, 1.807) is 0 Å². The van der Waals surface area contributed by atoms with Gasteiger partial charge in [-0.3, -0.25) is 0 Å². The van der Waals surface area contributed by atoms with Crippen LogP contribution in [0.25, 0.3) is 0 Å². The largest absolute Gasteiger partial charge is 0.392 e. The molecular weight excluding hydrogens is 190 g/mol. The third kappa shape index (κ3) is 4.96. The first kappa shape index (κ1) is 12.9. The van der Waals surface area contributed by atoms with Crippen LogP contribution in [0.2, 0.25) is 0 Å². The van der Waals surface area contributed by atoms with Crippen molar-refractivity contribution in [3.8, 4) is 0 Å². The summed E-state index contributed by atoms with van der Waals surface area (Å²) in [5.41, 5.74) is 0. The number of nitrogens with one attached hydrogen (secondary N) is 1. The summed E-state index contributed by atoms with van der Waals surface area (Å²) in [6.45, 7) is 4.83. The molecule has 1 rings (SSSR count). The maximum Gasteiger partial charge on any atom is 0.0693 e. The molecule has 1 unspecified atom stereocenters. The molecule has 1 saturated carbocycles. The van der Waals surface area contributed by atoms with Gasteiger partial charge in [-0.1, -0.05) is 26.7 Å². The van der Waals surface area contributed by atoms with Crippen molar-refractivity contribution in [1.82, 2.24) is 5.32 Å². The fourth-order valence-corrected chi connectivity index (χ4v) is 2.26. The van der Waals surface area contributed by atoms with Gasteiger partial charge in [0.25, 0.3) is 0 Å². The fourth-order valence-electron chi connectivity index (χ4n) is 2.26. The number of rotatable bonds is 5. The predicted molar refractivity (Wildman–Crippen MR) is 61.7 cm³/mol. The lowest BCUT2D eigenvalue weighted by molar-refractivity contribution is 0.0763. The molecule has 90 valence electrons. The topological polar surface area (TPSA) is 52.5 Å². The first-order valence-electron chi connectivity index (χ1n) is 6.19. The first-order valence-corrected chi connectivity index (χ1v) is 6.19. The summed E-state index contributed by atoms with van der Waals surface area (Å²) in [5.74, 6) is 0.526. The number of aliphatic hydroxyl groups is 2. The second kappa shape index (κ2) is 6.46. The second-order valence-corrected chi connectivity index (χ2v) is 5.15. The first-order chi connectivity index (χ1) is 7.09. The summed E-state index contributed by atoms with van der Waals surface area (Å²) < 4.78 is 0. The summed E-state index contributed by atoms with van der Waals surface area (Å²) in [7, 11) is 0. The Balaban J connectivity index is 2.17. The minimum absolute atomic E-state index is 0.195. The van der Waals surface area contributed by atoms with Gasteiger partial charge in [0.1, 0.15) is 0 Å². The van der Waals surface area contributed by atoms with Crippen LogP contribution in [-0.4, -0.2) is 35.0 Å². The highest BCUT2D eigenvalue weighted by Crippen LogP contribution is 2.18. The Bertz CT molecular complexity index is 173. The monoisotopic (exact) mass is 215 g/mol. The third-order valence-electron chi connectivity index (χ3n) is 3.09. The molecule has 0 radical (unpaired) electrons. The van der Waals surface area contributed by atoms with Crippen LogP contribution in [0, 0.1) is 5.92 Å². The summed E-state index contributed by atoms with van der Waals surface area (Å²) in [4.78, 5) is 0. The van der Waals surface area contributed by atoms with Crippen molar-refractivity contribution < 1.29 is 10.2 Å². The number of aliphatic hydroxyl groups excluding tert-OH is 2. The van der Waals surface area contributed by atoms with Gasteiger partial charge >= 0.3 is 0 Å². The molecule has 0 aliphatic heterocycles. The molecule has 0 saturated heterocycles. The van der Waals surface area contributed by atoms with Crippen LogP contribution in [0.5, 0.6) is 0 Å². The van der Waals surface area contributed by atoms with E-state index in [1.807, 2.05) is 0 Å². The van der Waals surface area contributed by atoms with Gasteiger partial charge in [-0.15, -0.1) is 0 Å². The van der Waals surface area contributed by atoms with Gasteiger partial charge in [0.05, 0.1) is 12.2 Å². The van der Waals surface area contributed by atoms with E-state index < -0.39 is 0 Å². The molecule has 0 amide bonds. The van der Waals surface area contributed by atoms with E-state index >= 15 is 0 Å². The predicted octanol–water partition coefficient (Wildman–Crippen LogP) is 1.29. The maximum atomic E-state index is 9.72. The highest BCUT2D eigenvalue weighted by Gasteiger charge is 2.22. The molecule has 3 N–H and O–H groups in total. The van der Waals surface area contributed by atoms with E-state index in [2.05, 4.69) is 19.2 Å². The molecule has 0 aromatic carbocycles. The lowest BCUT2D eigenvalue weighted by Gasteiger charge is -2.29. The van der Waals surface area contributed by atoms with Crippen molar-refractivity contribution in [2.24, 2.45) is 5.92 Å². The quantitative estimate of drug-likeness (QED) is 0.647. The Labute approximate surface area is 92.9 Å². The van der Waals surface area contributed by atoms with Gasteiger partial charge in [0, 0.05) is 12.6 Å². The lowest BCUT2D eigenvalue weighted by Crippen LogP contribution is -2.45. The van der Waals surface area contributed by atoms with E-state index in [0.29, 0.717) is 12.5 Å². The molecule has 3 nitrogen and oxygen atoms in total. The summed E-state index contributed by atoms with van der Waals surface area (Å²) in [6, 6.07) is 0.195. The molecule has 15 heavy (non-hydrogen) atoms. The van der Waals surface area contributed by atoms with E-state index in [-0.39, 0.29) is 18.2 Å². The minimum atomic E-state index is -0.279. The molecule has 0 heterocycles. The molecule has 0 aromatic heterocycles. The zero-order chi connectivity index (χ0) is 11.3. The van der Waals surface area contributed by atoms with E-state index in [9.17, 15) is 10.2 Å². The zero-order valence-corrected chi connectivity index (χ0v) is 9.95.